The maximum atomic E-state index is 12.7. The molecule has 0 aromatic heterocycles. The molecule has 0 unspecified atom stereocenters. The van der Waals surface area contributed by atoms with Crippen molar-refractivity contribution in [2.24, 2.45) is 0 Å². The van der Waals surface area contributed by atoms with E-state index in [0.717, 1.165) is 18.5 Å². The number of rotatable bonds is 6. The SMILES string of the molecule is COC(=O)c1cc(OC)ccc1NC(=O)c1cccc(CN2CCCC2=O)c1. The summed E-state index contributed by atoms with van der Waals surface area (Å²) in [5, 5.41) is 2.75. The molecule has 3 rings (SSSR count). The van der Waals surface area contributed by atoms with Gasteiger partial charge in [-0.2, -0.15) is 0 Å². The fraction of sp³-hybridized carbons (Fsp3) is 0.286. The molecule has 2 aromatic carbocycles. The predicted octanol–water partition coefficient (Wildman–Crippen LogP) is 2.86. The molecule has 1 aliphatic rings. The van der Waals surface area contributed by atoms with Crippen molar-refractivity contribution in [2.45, 2.75) is 19.4 Å². The molecule has 1 aliphatic heterocycles. The highest BCUT2D eigenvalue weighted by atomic mass is 16.5. The van der Waals surface area contributed by atoms with Crippen LogP contribution in [0, 0.1) is 0 Å². The van der Waals surface area contributed by atoms with Crippen LogP contribution < -0.4 is 10.1 Å². The highest BCUT2D eigenvalue weighted by molar-refractivity contribution is 6.08. The third kappa shape index (κ3) is 4.31. The number of amides is 2. The van der Waals surface area contributed by atoms with Gasteiger partial charge in [0, 0.05) is 25.1 Å². The number of anilines is 1. The van der Waals surface area contributed by atoms with Gasteiger partial charge >= 0.3 is 5.97 Å². The van der Waals surface area contributed by atoms with Crippen LogP contribution in [-0.4, -0.2) is 43.4 Å². The summed E-state index contributed by atoms with van der Waals surface area (Å²) in [7, 11) is 2.77. The van der Waals surface area contributed by atoms with Crippen LogP contribution in [0.3, 0.4) is 0 Å². The minimum absolute atomic E-state index is 0.135. The monoisotopic (exact) mass is 382 g/mol. The molecule has 1 heterocycles. The third-order valence-corrected chi connectivity index (χ3v) is 4.61. The maximum Gasteiger partial charge on any atom is 0.340 e. The van der Waals surface area contributed by atoms with E-state index in [1.807, 2.05) is 6.07 Å². The molecular weight excluding hydrogens is 360 g/mol. The topological polar surface area (TPSA) is 84.9 Å². The Bertz CT molecular complexity index is 909. The highest BCUT2D eigenvalue weighted by Crippen LogP contribution is 2.24. The minimum atomic E-state index is -0.574. The summed E-state index contributed by atoms with van der Waals surface area (Å²) >= 11 is 0. The molecule has 7 heteroatoms. The lowest BCUT2D eigenvalue weighted by Crippen LogP contribution is -2.24. The van der Waals surface area contributed by atoms with Crippen LogP contribution in [0.25, 0.3) is 0 Å². The number of ether oxygens (including phenoxy) is 2. The van der Waals surface area contributed by atoms with E-state index in [1.165, 1.54) is 20.3 Å². The summed E-state index contributed by atoms with van der Waals surface area (Å²) in [6, 6.07) is 11.9. The Morgan fingerprint density at radius 1 is 1.14 bits per heavy atom. The molecule has 2 amide bonds. The van der Waals surface area contributed by atoms with Crippen LogP contribution in [0.4, 0.5) is 5.69 Å². The van der Waals surface area contributed by atoms with Gasteiger partial charge in [-0.05, 0) is 42.3 Å². The Kier molecular flexibility index (Phi) is 5.93. The first-order valence-electron chi connectivity index (χ1n) is 8.96. The first kappa shape index (κ1) is 19.4. The Balaban J connectivity index is 1.79. The number of nitrogens with zero attached hydrogens (tertiary/aromatic N) is 1. The van der Waals surface area contributed by atoms with Gasteiger partial charge in [0.15, 0.2) is 0 Å². The zero-order valence-corrected chi connectivity index (χ0v) is 15.9. The van der Waals surface area contributed by atoms with Gasteiger partial charge in [-0.1, -0.05) is 12.1 Å². The van der Waals surface area contributed by atoms with E-state index in [9.17, 15) is 14.4 Å². The summed E-state index contributed by atoms with van der Waals surface area (Å²) in [6.07, 6.45) is 1.45. The van der Waals surface area contributed by atoms with Crippen LogP contribution in [0.15, 0.2) is 42.5 Å². The van der Waals surface area contributed by atoms with Crippen molar-refractivity contribution in [1.29, 1.82) is 0 Å². The van der Waals surface area contributed by atoms with Crippen molar-refractivity contribution in [3.63, 3.8) is 0 Å². The minimum Gasteiger partial charge on any atom is -0.497 e. The largest absolute Gasteiger partial charge is 0.497 e. The van der Waals surface area contributed by atoms with Crippen molar-refractivity contribution in [3.8, 4) is 5.75 Å². The van der Waals surface area contributed by atoms with E-state index in [1.54, 1.807) is 35.2 Å². The number of hydrogen-bond donors (Lipinski definition) is 1. The summed E-state index contributed by atoms with van der Waals surface area (Å²) in [6.45, 7) is 1.22. The van der Waals surface area contributed by atoms with Crippen molar-refractivity contribution < 1.29 is 23.9 Å². The van der Waals surface area contributed by atoms with Crippen LogP contribution in [0.1, 0.15) is 39.1 Å². The van der Waals surface area contributed by atoms with Crippen molar-refractivity contribution in [3.05, 3.63) is 59.2 Å². The Morgan fingerprint density at radius 3 is 2.64 bits per heavy atom. The van der Waals surface area contributed by atoms with Crippen molar-refractivity contribution in [1.82, 2.24) is 4.90 Å². The Hall–Kier alpha value is -3.35. The number of esters is 1. The molecule has 146 valence electrons. The van der Waals surface area contributed by atoms with Gasteiger partial charge in [0.1, 0.15) is 5.75 Å². The van der Waals surface area contributed by atoms with Gasteiger partial charge in [-0.15, -0.1) is 0 Å². The summed E-state index contributed by atoms with van der Waals surface area (Å²) in [4.78, 5) is 38.3. The van der Waals surface area contributed by atoms with E-state index in [-0.39, 0.29) is 17.4 Å². The number of benzene rings is 2. The molecule has 0 radical (unpaired) electrons. The molecule has 1 fully saturated rings. The summed E-state index contributed by atoms with van der Waals surface area (Å²) in [5.41, 5.74) is 1.85. The molecule has 7 nitrogen and oxygen atoms in total. The van der Waals surface area contributed by atoms with Crippen LogP contribution in [0.5, 0.6) is 5.75 Å². The molecule has 1 saturated heterocycles. The molecule has 0 spiro atoms. The second-order valence-corrected chi connectivity index (χ2v) is 6.48. The lowest BCUT2D eigenvalue weighted by atomic mass is 10.1. The Labute approximate surface area is 163 Å². The number of methoxy groups -OCH3 is 2. The van der Waals surface area contributed by atoms with Gasteiger partial charge in [0.2, 0.25) is 5.91 Å². The number of carbonyl (C=O) groups excluding carboxylic acids is 3. The number of likely N-dealkylation sites (tertiary alicyclic amines) is 1. The van der Waals surface area contributed by atoms with E-state index in [2.05, 4.69) is 5.32 Å². The van der Waals surface area contributed by atoms with Gasteiger partial charge in [-0.25, -0.2) is 4.79 Å². The molecule has 0 saturated carbocycles. The number of carbonyl (C=O) groups is 3. The third-order valence-electron chi connectivity index (χ3n) is 4.61. The standard InChI is InChI=1S/C21H22N2O5/c1-27-16-8-9-18(17(12-16)21(26)28-2)22-20(25)15-6-3-5-14(11-15)13-23-10-4-7-19(23)24/h3,5-6,8-9,11-12H,4,7,10,13H2,1-2H3,(H,22,25). The lowest BCUT2D eigenvalue weighted by Gasteiger charge is -2.16. The van der Waals surface area contributed by atoms with E-state index >= 15 is 0 Å². The van der Waals surface area contributed by atoms with Crippen molar-refractivity contribution >= 4 is 23.5 Å². The number of hydrogen-bond acceptors (Lipinski definition) is 5. The molecule has 0 bridgehead atoms. The molecule has 1 N–H and O–H groups in total. The van der Waals surface area contributed by atoms with E-state index < -0.39 is 5.97 Å². The molecule has 0 aliphatic carbocycles. The highest BCUT2D eigenvalue weighted by Gasteiger charge is 2.21. The summed E-state index contributed by atoms with van der Waals surface area (Å²) in [5.74, 6) is -0.313. The number of nitrogens with one attached hydrogen (secondary N) is 1. The second kappa shape index (κ2) is 8.56. The Morgan fingerprint density at radius 2 is 1.96 bits per heavy atom. The van der Waals surface area contributed by atoms with Crippen LogP contribution in [0.2, 0.25) is 0 Å². The van der Waals surface area contributed by atoms with Gasteiger partial charge in [0.25, 0.3) is 5.91 Å². The zero-order chi connectivity index (χ0) is 20.1. The van der Waals surface area contributed by atoms with Gasteiger partial charge in [0.05, 0.1) is 25.5 Å². The van der Waals surface area contributed by atoms with Gasteiger partial charge in [-0.3, -0.25) is 9.59 Å². The van der Waals surface area contributed by atoms with E-state index in [4.69, 9.17) is 9.47 Å². The average Bonchev–Trinajstić information content (AvgIpc) is 3.12. The van der Waals surface area contributed by atoms with Crippen LogP contribution >= 0.6 is 0 Å². The molecule has 28 heavy (non-hydrogen) atoms. The van der Waals surface area contributed by atoms with Crippen molar-refractivity contribution in [2.75, 3.05) is 26.1 Å². The smallest absolute Gasteiger partial charge is 0.340 e. The summed E-state index contributed by atoms with van der Waals surface area (Å²) < 4.78 is 9.91. The second-order valence-electron chi connectivity index (χ2n) is 6.48. The fourth-order valence-corrected chi connectivity index (χ4v) is 3.14. The molecule has 0 atom stereocenters. The lowest BCUT2D eigenvalue weighted by molar-refractivity contribution is -0.128. The van der Waals surface area contributed by atoms with E-state index in [0.29, 0.717) is 30.0 Å². The quantitative estimate of drug-likeness (QED) is 0.777. The molecular formula is C21H22N2O5. The maximum absolute atomic E-state index is 12.7. The average molecular weight is 382 g/mol. The van der Waals surface area contributed by atoms with Crippen LogP contribution in [-0.2, 0) is 16.1 Å². The zero-order valence-electron chi connectivity index (χ0n) is 15.9. The first-order valence-corrected chi connectivity index (χ1v) is 8.96. The fourth-order valence-electron chi connectivity index (χ4n) is 3.14. The first-order chi connectivity index (χ1) is 13.5. The van der Waals surface area contributed by atoms with Gasteiger partial charge < -0.3 is 19.7 Å². The normalized spacial score (nSPS) is 13.4. The molecule has 2 aromatic rings. The predicted molar refractivity (Wildman–Crippen MR) is 103 cm³/mol.